The van der Waals surface area contributed by atoms with Crippen LogP contribution in [0.5, 0.6) is 5.88 Å². The van der Waals surface area contributed by atoms with Crippen molar-refractivity contribution in [2.45, 2.75) is 26.8 Å². The molecule has 0 aliphatic heterocycles. The fourth-order valence-corrected chi connectivity index (χ4v) is 2.07. The Morgan fingerprint density at radius 3 is 2.82 bits per heavy atom. The van der Waals surface area contributed by atoms with E-state index in [1.807, 2.05) is 27.1 Å². The zero-order chi connectivity index (χ0) is 15.9. The fourth-order valence-electron chi connectivity index (χ4n) is 2.07. The van der Waals surface area contributed by atoms with Crippen molar-refractivity contribution in [3.8, 4) is 5.88 Å². The topological polar surface area (TPSA) is 81.1 Å². The summed E-state index contributed by atoms with van der Waals surface area (Å²) in [6, 6.07) is 3.19. The van der Waals surface area contributed by atoms with E-state index in [1.165, 1.54) is 0 Å². The van der Waals surface area contributed by atoms with E-state index in [-0.39, 0.29) is 6.03 Å². The molecule has 2 aromatic heterocycles. The van der Waals surface area contributed by atoms with Gasteiger partial charge in [0.1, 0.15) is 0 Å². The molecule has 0 aliphatic carbocycles. The first-order chi connectivity index (χ1) is 10.6. The summed E-state index contributed by atoms with van der Waals surface area (Å²) in [5.41, 5.74) is 2.62. The second kappa shape index (κ2) is 7.44. The number of anilines is 1. The number of nitrogens with one attached hydrogen (secondary N) is 2. The molecule has 0 aromatic carbocycles. The number of ether oxygens (including phenoxy) is 1. The van der Waals surface area contributed by atoms with Crippen LogP contribution in [0, 0.1) is 0 Å². The number of urea groups is 1. The van der Waals surface area contributed by atoms with Crippen LogP contribution in [0.4, 0.5) is 10.5 Å². The first kappa shape index (κ1) is 15.8. The van der Waals surface area contributed by atoms with E-state index in [1.54, 1.807) is 23.0 Å². The number of carbonyl (C=O) groups is 1. The van der Waals surface area contributed by atoms with Gasteiger partial charge in [-0.15, -0.1) is 0 Å². The van der Waals surface area contributed by atoms with Crippen LogP contribution in [0.2, 0.25) is 0 Å². The lowest BCUT2D eigenvalue weighted by Crippen LogP contribution is -2.28. The van der Waals surface area contributed by atoms with Gasteiger partial charge >= 0.3 is 6.03 Å². The Labute approximate surface area is 129 Å². The van der Waals surface area contributed by atoms with Gasteiger partial charge in [-0.1, -0.05) is 6.92 Å². The summed E-state index contributed by atoms with van der Waals surface area (Å²) in [6.45, 7) is 4.93. The summed E-state index contributed by atoms with van der Waals surface area (Å²) in [6.07, 6.45) is 4.31. The SMILES string of the molecule is CCOc1ccc(NC(=O)NCc2cn(C)nc2CC)cn1. The molecule has 7 nitrogen and oxygen atoms in total. The maximum Gasteiger partial charge on any atom is 0.319 e. The summed E-state index contributed by atoms with van der Waals surface area (Å²) >= 11 is 0. The maximum absolute atomic E-state index is 11.9. The molecule has 0 unspecified atom stereocenters. The highest BCUT2D eigenvalue weighted by Gasteiger charge is 2.08. The van der Waals surface area contributed by atoms with Crippen LogP contribution in [0.1, 0.15) is 25.1 Å². The Kier molecular flexibility index (Phi) is 5.35. The van der Waals surface area contributed by atoms with Gasteiger partial charge in [0.15, 0.2) is 0 Å². The van der Waals surface area contributed by atoms with Gasteiger partial charge < -0.3 is 15.4 Å². The Morgan fingerprint density at radius 1 is 1.36 bits per heavy atom. The monoisotopic (exact) mass is 303 g/mol. The predicted octanol–water partition coefficient (Wildman–Crippen LogP) is 2.10. The quantitative estimate of drug-likeness (QED) is 0.856. The lowest BCUT2D eigenvalue weighted by Gasteiger charge is -2.08. The van der Waals surface area contributed by atoms with Crippen molar-refractivity contribution in [2.75, 3.05) is 11.9 Å². The molecule has 7 heteroatoms. The molecular weight excluding hydrogens is 282 g/mol. The van der Waals surface area contributed by atoms with Crippen molar-refractivity contribution in [1.82, 2.24) is 20.1 Å². The smallest absolute Gasteiger partial charge is 0.319 e. The Bertz CT molecular complexity index is 621. The third-order valence-corrected chi connectivity index (χ3v) is 3.05. The number of hydrogen-bond acceptors (Lipinski definition) is 4. The van der Waals surface area contributed by atoms with Crippen molar-refractivity contribution in [2.24, 2.45) is 7.05 Å². The molecule has 0 bridgehead atoms. The lowest BCUT2D eigenvalue weighted by atomic mass is 10.2. The Hall–Kier alpha value is -2.57. The molecule has 2 rings (SSSR count). The number of amides is 2. The minimum absolute atomic E-state index is 0.281. The molecule has 0 saturated heterocycles. The number of pyridine rings is 1. The highest BCUT2D eigenvalue weighted by molar-refractivity contribution is 5.88. The predicted molar refractivity (Wildman–Crippen MR) is 83.9 cm³/mol. The molecule has 2 amide bonds. The Morgan fingerprint density at radius 2 is 2.18 bits per heavy atom. The summed E-state index contributed by atoms with van der Waals surface area (Å²) in [4.78, 5) is 16.0. The molecule has 0 aliphatic rings. The summed E-state index contributed by atoms with van der Waals surface area (Å²) in [5.74, 6) is 0.538. The standard InChI is InChI=1S/C15H21N5O2/c1-4-13-11(10-20(3)19-13)8-17-15(21)18-12-6-7-14(16-9-12)22-5-2/h6-7,9-10H,4-5,8H2,1-3H3,(H2,17,18,21). The molecule has 0 radical (unpaired) electrons. The highest BCUT2D eigenvalue weighted by atomic mass is 16.5. The minimum Gasteiger partial charge on any atom is -0.478 e. The molecule has 2 heterocycles. The molecule has 2 aromatic rings. The number of rotatable bonds is 6. The minimum atomic E-state index is -0.281. The molecule has 0 atom stereocenters. The first-order valence-corrected chi connectivity index (χ1v) is 7.27. The van der Waals surface area contributed by atoms with Gasteiger partial charge in [0, 0.05) is 31.4 Å². The second-order valence-electron chi connectivity index (χ2n) is 4.75. The van der Waals surface area contributed by atoms with Crippen LogP contribution in [0.15, 0.2) is 24.5 Å². The zero-order valence-corrected chi connectivity index (χ0v) is 13.1. The summed E-state index contributed by atoms with van der Waals surface area (Å²) in [5, 5.41) is 9.88. The van der Waals surface area contributed by atoms with Crippen LogP contribution >= 0.6 is 0 Å². The molecule has 0 spiro atoms. The van der Waals surface area contributed by atoms with Crippen molar-refractivity contribution in [1.29, 1.82) is 0 Å². The molecular formula is C15H21N5O2. The van der Waals surface area contributed by atoms with Gasteiger partial charge in [0.2, 0.25) is 5.88 Å². The van der Waals surface area contributed by atoms with Crippen molar-refractivity contribution in [3.63, 3.8) is 0 Å². The van der Waals surface area contributed by atoms with Crippen LogP contribution in [0.3, 0.4) is 0 Å². The van der Waals surface area contributed by atoms with Crippen molar-refractivity contribution in [3.05, 3.63) is 35.8 Å². The van der Waals surface area contributed by atoms with Gasteiger partial charge in [-0.25, -0.2) is 9.78 Å². The first-order valence-electron chi connectivity index (χ1n) is 7.27. The van der Waals surface area contributed by atoms with E-state index < -0.39 is 0 Å². The van der Waals surface area contributed by atoms with Crippen LogP contribution < -0.4 is 15.4 Å². The normalized spacial score (nSPS) is 10.3. The van der Waals surface area contributed by atoms with Gasteiger partial charge in [-0.2, -0.15) is 5.10 Å². The number of carbonyl (C=O) groups excluding carboxylic acids is 1. The van der Waals surface area contributed by atoms with Gasteiger partial charge in [-0.3, -0.25) is 4.68 Å². The number of nitrogens with zero attached hydrogens (tertiary/aromatic N) is 3. The summed E-state index contributed by atoms with van der Waals surface area (Å²) < 4.78 is 7.00. The Balaban J connectivity index is 1.87. The van der Waals surface area contributed by atoms with Crippen LogP contribution in [0.25, 0.3) is 0 Å². The molecule has 22 heavy (non-hydrogen) atoms. The van der Waals surface area contributed by atoms with Crippen molar-refractivity contribution >= 4 is 11.7 Å². The molecule has 0 saturated carbocycles. The van der Waals surface area contributed by atoms with Crippen molar-refractivity contribution < 1.29 is 9.53 Å². The highest BCUT2D eigenvalue weighted by Crippen LogP contribution is 2.11. The second-order valence-corrected chi connectivity index (χ2v) is 4.75. The largest absolute Gasteiger partial charge is 0.478 e. The average molecular weight is 303 g/mol. The molecule has 2 N–H and O–H groups in total. The van der Waals surface area contributed by atoms with E-state index in [9.17, 15) is 4.79 Å². The summed E-state index contributed by atoms with van der Waals surface area (Å²) in [7, 11) is 1.87. The average Bonchev–Trinajstić information content (AvgIpc) is 2.87. The number of aryl methyl sites for hydroxylation is 2. The van der Waals surface area contributed by atoms with E-state index in [4.69, 9.17) is 4.74 Å². The molecule has 0 fully saturated rings. The van der Waals surface area contributed by atoms with E-state index >= 15 is 0 Å². The van der Waals surface area contributed by atoms with E-state index in [0.29, 0.717) is 24.7 Å². The van der Waals surface area contributed by atoms with E-state index in [0.717, 1.165) is 17.7 Å². The fraction of sp³-hybridized carbons (Fsp3) is 0.400. The number of aromatic nitrogens is 3. The zero-order valence-electron chi connectivity index (χ0n) is 13.1. The van der Waals surface area contributed by atoms with Crippen LogP contribution in [-0.2, 0) is 20.0 Å². The van der Waals surface area contributed by atoms with Gasteiger partial charge in [-0.05, 0) is 19.4 Å². The van der Waals surface area contributed by atoms with Gasteiger partial charge in [0.25, 0.3) is 0 Å². The van der Waals surface area contributed by atoms with E-state index in [2.05, 4.69) is 20.7 Å². The maximum atomic E-state index is 11.9. The molecule has 118 valence electrons. The third-order valence-electron chi connectivity index (χ3n) is 3.05. The van der Waals surface area contributed by atoms with Gasteiger partial charge in [0.05, 0.1) is 24.2 Å². The lowest BCUT2D eigenvalue weighted by molar-refractivity contribution is 0.251. The van der Waals surface area contributed by atoms with Crippen LogP contribution in [-0.4, -0.2) is 27.4 Å². The number of hydrogen-bond donors (Lipinski definition) is 2. The third kappa shape index (κ3) is 4.21.